The van der Waals surface area contributed by atoms with E-state index in [-0.39, 0.29) is 58.0 Å². The molecular weight excluding hydrogens is 1340 g/mol. The van der Waals surface area contributed by atoms with Crippen LogP contribution in [0.25, 0.3) is 0 Å². The zero-order valence-corrected chi connectivity index (χ0v) is 61.6. The standard InChI is InChI=1S/C37H54N6O9.C36H52N6O9.CH4/c1-17(2)14-24-30(45)41-28(21(8)44)33(48)43-26(16-37(51)22-15-20(7)11-12-23(22)39-36(37)43)32(47)40-27(18(3)4)35(50)52-29(19(5)6)34(49)42-13-9-10-25(42)31(46)38-24;1-17(2)15-23-29(44)40-27(20(7)43)32(47)42-25(16-36(50)21-11-8-9-12-22(21)38-35(36)42)31(46)39-26(18(3)4)34(49)51-28(19(5)6)33(48)41-14-10-13-24(41)30(45)37-23;/h11-12,15,17-19,21,24-29,36,39,44,51H,9-10,13-14,16H2,1-8H3,(H,38,46)(H,40,47)(H,41,45);8-9,11-12,17-20,23-28,35,38,43,50H,10,13-16H2,1-7H3,(H,37,45)(H,39,46)(H,40,44);1H4/t21-,24-,25+,26-,27+,28+,29-,36-,37+;20-,23-,24+,25-,26+,27+,28-,35-,36+;/m00./s1. The number of aryl methyl sites for hydroxylation is 1. The number of hydrogen-bond acceptors (Lipinski definition) is 20. The maximum atomic E-state index is 14.6. The number of aliphatic hydroxyl groups is 4. The lowest BCUT2D eigenvalue weighted by atomic mass is 9.90. The molecule has 0 radical (unpaired) electrons. The fraction of sp³-hybridized carbons (Fsp3) is 0.676. The van der Waals surface area contributed by atoms with Crippen LogP contribution in [0.5, 0.6) is 0 Å². The summed E-state index contributed by atoms with van der Waals surface area (Å²) in [6.45, 7) is 26.0. The number of carbonyl (C=O) groups is 12. The van der Waals surface area contributed by atoms with Crippen LogP contribution in [0.2, 0.25) is 0 Å². The van der Waals surface area contributed by atoms with Crippen molar-refractivity contribution in [1.29, 1.82) is 0 Å². The minimum absolute atomic E-state index is 0. The second-order valence-electron chi connectivity index (χ2n) is 31.3. The van der Waals surface area contributed by atoms with Crippen molar-refractivity contribution in [3.8, 4) is 0 Å². The third kappa shape index (κ3) is 16.3. The number of hydrogen-bond donors (Lipinski definition) is 12. The summed E-state index contributed by atoms with van der Waals surface area (Å²) in [4.78, 5) is 174. The molecule has 30 nitrogen and oxygen atoms in total. The van der Waals surface area contributed by atoms with Gasteiger partial charge in [0.05, 0.1) is 12.2 Å². The first-order chi connectivity index (χ1) is 48.3. The summed E-state index contributed by atoms with van der Waals surface area (Å²) in [5.74, 6) is -10.9. The Labute approximate surface area is 608 Å². The summed E-state index contributed by atoms with van der Waals surface area (Å²) in [6.07, 6.45) is -6.34. The van der Waals surface area contributed by atoms with Gasteiger partial charge in [-0.05, 0) is 107 Å². The van der Waals surface area contributed by atoms with Crippen LogP contribution in [0.3, 0.4) is 0 Å². The SMILES string of the molecule is C.CC(C)C[C@@H]1NC(=O)[C@H]2CCCN2C(=O)[C@H](C(C)C)OC(=O)[C@@H](C(C)C)NC(=O)[C@@H]2C[C@@]3(O)c4ccccc4N[C@H]3N2C(=O)[C@@H]([C@H](C)O)NC1=O.Cc1ccc2c(c1)[C@]1(O)C[C@H]3C(=O)N[C@H](C(C)C)C(=O)O[C@@H](C(C)C)C(=O)N4CCC[C@@H]4C(=O)N[C@@H](CC(C)C)C(=O)N[C@H]([C@H](C)O)C(=O)N3[C@@H]1N2. The molecule has 2 aromatic rings. The van der Waals surface area contributed by atoms with Crippen molar-refractivity contribution in [1.82, 2.24) is 51.5 Å². The molecule has 8 aliphatic heterocycles. The molecule has 30 heteroatoms. The van der Waals surface area contributed by atoms with Gasteiger partial charge in [0, 0.05) is 48.4 Å². The monoisotopic (exact) mass is 1450 g/mol. The predicted molar refractivity (Wildman–Crippen MR) is 380 cm³/mol. The zero-order valence-electron chi connectivity index (χ0n) is 61.6. The predicted octanol–water partition coefficient (Wildman–Crippen LogP) is 1.62. The molecule has 18 atom stereocenters. The fourth-order valence-electron chi connectivity index (χ4n) is 15.5. The van der Waals surface area contributed by atoms with Crippen LogP contribution in [-0.2, 0) is 78.2 Å². The number of amides is 10. The molecule has 0 saturated carbocycles. The molecule has 6 fully saturated rings. The minimum atomic E-state index is -1.76. The molecule has 104 heavy (non-hydrogen) atoms. The number of rotatable bonds is 10. The van der Waals surface area contributed by atoms with Gasteiger partial charge in [0.2, 0.25) is 47.3 Å². The average Bonchev–Trinajstić information content (AvgIpc) is 1.56. The molecule has 0 aliphatic carbocycles. The summed E-state index contributed by atoms with van der Waals surface area (Å²) in [5, 5.41) is 68.9. The van der Waals surface area contributed by atoms with Gasteiger partial charge in [0.25, 0.3) is 11.8 Å². The van der Waals surface area contributed by atoms with E-state index in [9.17, 15) is 78.0 Å². The van der Waals surface area contributed by atoms with Crippen LogP contribution in [-0.4, -0.2) is 221 Å². The number of benzene rings is 2. The van der Waals surface area contributed by atoms with Crippen molar-refractivity contribution >= 4 is 82.4 Å². The van der Waals surface area contributed by atoms with Gasteiger partial charge in [0.1, 0.15) is 84.0 Å². The molecule has 0 spiro atoms. The Kier molecular flexibility index (Phi) is 25.4. The first kappa shape index (κ1) is 81.2. The summed E-state index contributed by atoms with van der Waals surface area (Å²) in [5.41, 5.74) is -0.643. The highest BCUT2D eigenvalue weighted by Crippen LogP contribution is 2.51. The number of anilines is 2. The second kappa shape index (κ2) is 32.5. The molecule has 6 saturated heterocycles. The minimum Gasteiger partial charge on any atom is -0.450 e. The van der Waals surface area contributed by atoms with Crippen molar-refractivity contribution in [2.45, 2.75) is 271 Å². The Morgan fingerprint density at radius 3 is 1.18 bits per heavy atom. The van der Waals surface area contributed by atoms with Crippen LogP contribution in [0.4, 0.5) is 11.4 Å². The topological polar surface area (TPSA) is 413 Å². The maximum Gasteiger partial charge on any atom is 0.329 e. The van der Waals surface area contributed by atoms with Gasteiger partial charge in [-0.25, -0.2) is 9.59 Å². The smallest absolute Gasteiger partial charge is 0.329 e. The molecular formula is C74H110N12O18. The van der Waals surface area contributed by atoms with Crippen molar-refractivity contribution in [3.63, 3.8) is 0 Å². The van der Waals surface area contributed by atoms with Crippen LogP contribution >= 0.6 is 0 Å². The maximum absolute atomic E-state index is 14.6. The van der Waals surface area contributed by atoms with Crippen molar-refractivity contribution < 1.29 is 87.4 Å². The average molecular weight is 1460 g/mol. The molecule has 10 rings (SSSR count). The normalized spacial score (nSPS) is 32.2. The van der Waals surface area contributed by atoms with E-state index in [0.717, 1.165) is 15.4 Å². The Morgan fingerprint density at radius 2 is 0.808 bits per heavy atom. The number of nitrogens with one attached hydrogen (secondary N) is 8. The summed E-state index contributed by atoms with van der Waals surface area (Å²) < 4.78 is 11.7. The number of fused-ring (bicyclic) bond motifs is 12. The lowest BCUT2D eigenvalue weighted by Crippen LogP contribution is -2.63. The van der Waals surface area contributed by atoms with Gasteiger partial charge in [-0.15, -0.1) is 0 Å². The molecule has 2 aromatic carbocycles. The van der Waals surface area contributed by atoms with Gasteiger partial charge in [-0.1, -0.05) is 126 Å². The van der Waals surface area contributed by atoms with Crippen LogP contribution < -0.4 is 42.5 Å². The zero-order chi connectivity index (χ0) is 75.9. The third-order valence-electron chi connectivity index (χ3n) is 20.9. The van der Waals surface area contributed by atoms with Crippen LogP contribution in [0.15, 0.2) is 42.5 Å². The molecule has 8 aliphatic rings. The number of aliphatic hydroxyl groups excluding tert-OH is 2. The Morgan fingerprint density at radius 1 is 0.442 bits per heavy atom. The molecule has 8 heterocycles. The highest BCUT2D eigenvalue weighted by atomic mass is 16.6. The quantitative estimate of drug-likeness (QED) is 0.150. The molecule has 0 unspecified atom stereocenters. The summed E-state index contributed by atoms with van der Waals surface area (Å²) in [6, 6.07) is -0.334. The van der Waals surface area contributed by atoms with Crippen LogP contribution in [0.1, 0.15) is 172 Å². The Hall–Kier alpha value is -8.48. The second-order valence-corrected chi connectivity index (χ2v) is 31.3. The van der Waals surface area contributed by atoms with Gasteiger partial charge in [-0.3, -0.25) is 47.9 Å². The first-order valence-electron chi connectivity index (χ1n) is 36.3. The number of para-hydroxylation sites is 1. The Balaban J connectivity index is 0.000000261. The van der Waals surface area contributed by atoms with E-state index in [1.807, 2.05) is 40.7 Å². The number of carbonyl (C=O) groups excluding carboxylic acids is 12. The summed E-state index contributed by atoms with van der Waals surface area (Å²) >= 11 is 0. The van der Waals surface area contributed by atoms with Gasteiger partial charge >= 0.3 is 11.9 Å². The molecule has 0 aromatic heterocycles. The van der Waals surface area contributed by atoms with E-state index < -0.39 is 203 Å². The number of esters is 2. The van der Waals surface area contributed by atoms with Crippen molar-refractivity contribution in [3.05, 3.63) is 59.2 Å². The van der Waals surface area contributed by atoms with E-state index in [1.165, 1.54) is 23.6 Å². The van der Waals surface area contributed by atoms with E-state index in [2.05, 4.69) is 42.5 Å². The van der Waals surface area contributed by atoms with E-state index in [0.29, 0.717) is 48.2 Å². The van der Waals surface area contributed by atoms with Gasteiger partial charge < -0.3 is 92.0 Å². The number of nitrogens with zero attached hydrogens (tertiary/aromatic N) is 4. The van der Waals surface area contributed by atoms with Crippen LogP contribution in [0, 0.1) is 42.4 Å². The molecule has 10 amide bonds. The summed E-state index contributed by atoms with van der Waals surface area (Å²) in [7, 11) is 0. The van der Waals surface area contributed by atoms with Gasteiger partial charge in [-0.2, -0.15) is 0 Å². The van der Waals surface area contributed by atoms with Gasteiger partial charge in [0.15, 0.2) is 12.2 Å². The molecule has 0 bridgehead atoms. The van der Waals surface area contributed by atoms with Crippen molar-refractivity contribution in [2.75, 3.05) is 23.7 Å². The van der Waals surface area contributed by atoms with E-state index in [4.69, 9.17) is 9.47 Å². The Bertz CT molecular complexity index is 3600. The first-order valence-corrected chi connectivity index (χ1v) is 36.3. The fourth-order valence-corrected chi connectivity index (χ4v) is 15.5. The lowest BCUT2D eigenvalue weighted by molar-refractivity contribution is -0.167. The van der Waals surface area contributed by atoms with Crippen molar-refractivity contribution in [2.24, 2.45) is 35.5 Å². The lowest BCUT2D eigenvalue weighted by Gasteiger charge is -2.36. The largest absolute Gasteiger partial charge is 0.450 e. The highest BCUT2D eigenvalue weighted by molar-refractivity contribution is 6.01. The number of cyclic esters (lactones) is 2. The molecule has 12 N–H and O–H groups in total. The van der Waals surface area contributed by atoms with E-state index in [1.54, 1.807) is 91.8 Å². The van der Waals surface area contributed by atoms with E-state index >= 15 is 0 Å². The highest BCUT2D eigenvalue weighted by Gasteiger charge is 2.64. The number of ether oxygens (including phenoxy) is 2. The third-order valence-corrected chi connectivity index (χ3v) is 20.9. The molecule has 574 valence electrons.